The van der Waals surface area contributed by atoms with Crippen LogP contribution in [0.4, 0.5) is 0 Å². The predicted molar refractivity (Wildman–Crippen MR) is 175 cm³/mol. The molecule has 0 spiro atoms. The van der Waals surface area contributed by atoms with E-state index in [4.69, 9.17) is 18.5 Å². The zero-order valence-electron chi connectivity index (χ0n) is 29.0. The van der Waals surface area contributed by atoms with Crippen molar-refractivity contribution < 1.29 is 37.7 Å². The number of piperidine rings is 2. The first-order chi connectivity index (χ1) is 21.3. The summed E-state index contributed by atoms with van der Waals surface area (Å²) in [6, 6.07) is 6.77. The highest BCUT2D eigenvalue weighted by atomic mass is 16.7. The number of carbonyl (C=O) groups excluding carboxylic acids is 4. The Kier molecular flexibility index (Phi) is 11.4. The van der Waals surface area contributed by atoms with Crippen molar-refractivity contribution in [2.75, 3.05) is 0 Å². The van der Waals surface area contributed by atoms with E-state index in [2.05, 4.69) is 0 Å². The third-order valence-corrected chi connectivity index (χ3v) is 8.56. The first-order valence-corrected chi connectivity index (χ1v) is 15.8. The van der Waals surface area contributed by atoms with Crippen molar-refractivity contribution in [2.45, 2.75) is 130 Å². The lowest BCUT2D eigenvalue weighted by molar-refractivity contribution is -0.262. The zero-order chi connectivity index (χ0) is 34.5. The summed E-state index contributed by atoms with van der Waals surface area (Å²) in [5.74, 6) is -1.08. The number of hydrogen-bond donors (Lipinski definition) is 0. The largest absolute Gasteiger partial charge is 0.465 e. The average Bonchev–Trinajstić information content (AvgIpc) is 3.64. The molecule has 4 rings (SSSR count). The van der Waals surface area contributed by atoms with Gasteiger partial charge in [-0.15, -0.1) is 10.1 Å². The molecule has 10 heteroatoms. The molecule has 0 amide bonds. The van der Waals surface area contributed by atoms with Gasteiger partial charge >= 0.3 is 11.9 Å². The van der Waals surface area contributed by atoms with Gasteiger partial charge in [-0.3, -0.25) is 9.59 Å². The van der Waals surface area contributed by atoms with Gasteiger partial charge in [0.05, 0.1) is 34.7 Å². The molecule has 10 nitrogen and oxygen atoms in total. The van der Waals surface area contributed by atoms with Crippen LogP contribution in [0.3, 0.4) is 0 Å². The zero-order valence-corrected chi connectivity index (χ0v) is 29.0. The second-order valence-electron chi connectivity index (χ2n) is 14.6. The quantitative estimate of drug-likeness (QED) is 0.163. The van der Waals surface area contributed by atoms with Crippen molar-refractivity contribution in [3.8, 4) is 0 Å². The summed E-state index contributed by atoms with van der Waals surface area (Å²) < 4.78 is 10.4. The van der Waals surface area contributed by atoms with E-state index in [9.17, 15) is 19.2 Å². The van der Waals surface area contributed by atoms with Gasteiger partial charge in [0.1, 0.15) is 22.7 Å². The maximum Gasteiger partial charge on any atom is 0.360 e. The van der Waals surface area contributed by atoms with Gasteiger partial charge in [-0.1, -0.05) is 0 Å². The van der Waals surface area contributed by atoms with Crippen LogP contribution in [0.2, 0.25) is 0 Å². The molecule has 252 valence electrons. The maximum atomic E-state index is 12.6. The third kappa shape index (κ3) is 9.16. The van der Waals surface area contributed by atoms with Crippen LogP contribution >= 0.6 is 0 Å². The van der Waals surface area contributed by atoms with Crippen LogP contribution in [-0.4, -0.2) is 55.8 Å². The minimum Gasteiger partial charge on any atom is -0.465 e. The number of Topliss-reactive ketones (excluding diaryl/α,β-unsaturated/α-hetero) is 2. The Balaban J connectivity index is 0.000000250. The van der Waals surface area contributed by atoms with Gasteiger partial charge in [-0.05, 0) is 144 Å². The molecule has 0 atom stereocenters. The van der Waals surface area contributed by atoms with E-state index in [1.165, 1.54) is 38.5 Å². The number of furan rings is 2. The third-order valence-electron chi connectivity index (χ3n) is 8.56. The Labute approximate surface area is 272 Å². The topological polar surface area (TPSA) is 120 Å². The van der Waals surface area contributed by atoms with E-state index in [-0.39, 0.29) is 44.9 Å². The lowest BCUT2D eigenvalue weighted by Crippen LogP contribution is -2.59. The van der Waals surface area contributed by atoms with Crippen LogP contribution < -0.4 is 0 Å². The Morgan fingerprint density at radius 3 is 1.15 bits per heavy atom. The van der Waals surface area contributed by atoms with Gasteiger partial charge in [0.2, 0.25) is 0 Å². The molecular weight excluding hydrogens is 588 g/mol. The first kappa shape index (κ1) is 36.7. The van der Waals surface area contributed by atoms with Gasteiger partial charge in [0.25, 0.3) is 0 Å². The number of hydrogen-bond acceptors (Lipinski definition) is 10. The lowest BCUT2D eigenvalue weighted by Gasteiger charge is -2.50. The SMILES string of the molecule is CC(=O)/C(=C\c1ccco1)C(=O)ON1C(C)(C)CCCC1(C)C.CC(=O)/C(=C\c1ccco1)C(=O)ON1C(C)(C)CCCC1(C)C. The molecule has 2 aromatic rings. The fourth-order valence-corrected chi connectivity index (χ4v) is 6.35. The smallest absolute Gasteiger partial charge is 0.360 e. The minimum absolute atomic E-state index is 0.0166. The molecule has 0 bridgehead atoms. The van der Waals surface area contributed by atoms with E-state index < -0.39 is 11.9 Å². The van der Waals surface area contributed by atoms with Crippen LogP contribution in [0, 0.1) is 0 Å². The molecule has 4 heterocycles. The molecule has 0 N–H and O–H groups in total. The Hall–Kier alpha value is -3.76. The summed E-state index contributed by atoms with van der Waals surface area (Å²) in [6.07, 6.45) is 11.7. The molecule has 2 aliphatic heterocycles. The Morgan fingerprint density at radius 1 is 0.609 bits per heavy atom. The summed E-state index contributed by atoms with van der Waals surface area (Å²) in [7, 11) is 0. The molecule has 2 saturated heterocycles. The summed E-state index contributed by atoms with van der Waals surface area (Å²) >= 11 is 0. The normalized spacial score (nSPS) is 21.0. The fourth-order valence-electron chi connectivity index (χ4n) is 6.35. The predicted octanol–water partition coefficient (Wildman–Crippen LogP) is 7.51. The maximum absolute atomic E-state index is 12.6. The van der Waals surface area contributed by atoms with E-state index in [1.54, 1.807) is 34.4 Å². The van der Waals surface area contributed by atoms with Crippen LogP contribution in [0.5, 0.6) is 0 Å². The van der Waals surface area contributed by atoms with Crippen molar-refractivity contribution in [3.05, 3.63) is 59.5 Å². The summed E-state index contributed by atoms with van der Waals surface area (Å²) in [6.45, 7) is 19.1. The highest BCUT2D eigenvalue weighted by Crippen LogP contribution is 2.40. The van der Waals surface area contributed by atoms with Gasteiger partial charge in [0, 0.05) is 0 Å². The molecule has 0 aliphatic carbocycles. The van der Waals surface area contributed by atoms with Gasteiger partial charge < -0.3 is 18.5 Å². The van der Waals surface area contributed by atoms with Crippen LogP contribution in [-0.2, 0) is 28.9 Å². The van der Waals surface area contributed by atoms with Gasteiger partial charge in [-0.2, -0.15) is 0 Å². The minimum atomic E-state index is -0.642. The Morgan fingerprint density at radius 2 is 0.913 bits per heavy atom. The van der Waals surface area contributed by atoms with Crippen LogP contribution in [0.1, 0.15) is 119 Å². The summed E-state index contributed by atoms with van der Waals surface area (Å²) in [5.41, 5.74) is -1.13. The molecule has 0 aromatic carbocycles. The van der Waals surface area contributed by atoms with E-state index >= 15 is 0 Å². The van der Waals surface area contributed by atoms with E-state index in [0.717, 1.165) is 38.5 Å². The van der Waals surface area contributed by atoms with E-state index in [1.807, 2.05) is 55.4 Å². The molecular formula is C36H50N2O8. The molecule has 2 aromatic heterocycles. The Bertz CT molecular complexity index is 1300. The molecule has 2 fully saturated rings. The number of carbonyl (C=O) groups is 4. The van der Waals surface area contributed by atoms with Gasteiger partial charge in [0.15, 0.2) is 11.6 Å². The average molecular weight is 639 g/mol. The number of rotatable bonds is 8. The van der Waals surface area contributed by atoms with Crippen molar-refractivity contribution in [2.24, 2.45) is 0 Å². The molecule has 0 saturated carbocycles. The van der Waals surface area contributed by atoms with Crippen LogP contribution in [0.25, 0.3) is 12.2 Å². The molecule has 0 unspecified atom stereocenters. The van der Waals surface area contributed by atoms with Crippen LogP contribution in [0.15, 0.2) is 56.8 Å². The van der Waals surface area contributed by atoms with Crippen molar-refractivity contribution in [1.29, 1.82) is 0 Å². The van der Waals surface area contributed by atoms with E-state index in [0.29, 0.717) is 11.5 Å². The number of nitrogens with zero attached hydrogens (tertiary/aromatic N) is 2. The highest BCUT2D eigenvalue weighted by Gasteiger charge is 2.46. The highest BCUT2D eigenvalue weighted by molar-refractivity contribution is 6.20. The fraction of sp³-hybridized carbons (Fsp3) is 0.556. The second kappa shape index (κ2) is 14.3. The first-order valence-electron chi connectivity index (χ1n) is 15.8. The second-order valence-corrected chi connectivity index (χ2v) is 14.6. The van der Waals surface area contributed by atoms with Crippen molar-refractivity contribution >= 4 is 35.7 Å². The standard InChI is InChI=1S/2C18H25NO4/c2*1-13(20)15(12-14-8-6-11-22-14)16(21)23-19-17(2,3)9-7-10-18(19,4)5/h2*6,8,11-12H,7,9-10H2,1-5H3/b2*15-12+. The summed E-state index contributed by atoms with van der Waals surface area (Å²) in [5, 5.41) is 3.48. The monoisotopic (exact) mass is 638 g/mol. The molecule has 2 aliphatic rings. The summed E-state index contributed by atoms with van der Waals surface area (Å²) in [4.78, 5) is 60.1. The molecule has 46 heavy (non-hydrogen) atoms. The molecule has 0 radical (unpaired) electrons. The van der Waals surface area contributed by atoms with Gasteiger partial charge in [-0.25, -0.2) is 9.59 Å². The van der Waals surface area contributed by atoms with Crippen molar-refractivity contribution in [1.82, 2.24) is 10.1 Å². The number of hydroxylamine groups is 4. The van der Waals surface area contributed by atoms with Crippen molar-refractivity contribution in [3.63, 3.8) is 0 Å². The number of ketones is 2. The lowest BCUT2D eigenvalue weighted by atomic mass is 9.82.